The van der Waals surface area contributed by atoms with Crippen LogP contribution >= 0.6 is 0 Å². The second kappa shape index (κ2) is 9.77. The largest absolute Gasteiger partial charge is 0.444 e. The van der Waals surface area contributed by atoms with Gasteiger partial charge in [-0.05, 0) is 49.2 Å². The molecule has 3 amide bonds. The number of amides is 3. The van der Waals surface area contributed by atoms with Gasteiger partial charge in [0.15, 0.2) is 0 Å². The summed E-state index contributed by atoms with van der Waals surface area (Å²) in [5, 5.41) is 2.85. The van der Waals surface area contributed by atoms with Crippen LogP contribution < -0.4 is 5.32 Å². The second-order valence-corrected chi connectivity index (χ2v) is 8.27. The molecule has 0 spiro atoms. The van der Waals surface area contributed by atoms with Gasteiger partial charge in [-0.25, -0.2) is 4.79 Å². The lowest BCUT2D eigenvalue weighted by Gasteiger charge is -2.19. The molecule has 176 valence electrons. The van der Waals surface area contributed by atoms with E-state index in [1.54, 1.807) is 30.3 Å². The molecule has 0 aliphatic carbocycles. The van der Waals surface area contributed by atoms with Crippen molar-refractivity contribution in [2.75, 3.05) is 11.9 Å². The molecule has 7 nitrogen and oxygen atoms in total. The second-order valence-electron chi connectivity index (χ2n) is 8.27. The monoisotopic (exact) mass is 468 g/mol. The molecule has 1 N–H and O–H groups in total. The smallest absolute Gasteiger partial charge is 0.339 e. The number of nitrogens with one attached hydrogen (secondary N) is 1. The number of hydrogen-bond acceptors (Lipinski definition) is 5. The lowest BCUT2D eigenvalue weighted by molar-refractivity contribution is -0.125. The molecule has 0 radical (unpaired) electrons. The molecule has 35 heavy (non-hydrogen) atoms. The molecule has 3 aromatic carbocycles. The van der Waals surface area contributed by atoms with Gasteiger partial charge < -0.3 is 10.1 Å². The molecular weight excluding hydrogens is 444 g/mol. The minimum atomic E-state index is -1.23. The summed E-state index contributed by atoms with van der Waals surface area (Å²) in [6, 6.07) is 18.5. The number of carbonyl (C=O) groups excluding carboxylic acids is 4. The van der Waals surface area contributed by atoms with E-state index in [-0.39, 0.29) is 23.2 Å². The van der Waals surface area contributed by atoms with Crippen molar-refractivity contribution in [3.05, 3.63) is 113 Å². The van der Waals surface area contributed by atoms with Crippen molar-refractivity contribution in [1.82, 2.24) is 4.90 Å². The molecule has 0 saturated heterocycles. The maximum atomic E-state index is 13.2. The number of esters is 1. The Hall–Kier alpha value is -4.52. The first-order chi connectivity index (χ1) is 16.8. The Morgan fingerprint density at radius 2 is 1.69 bits per heavy atom. The summed E-state index contributed by atoms with van der Waals surface area (Å²) in [6.07, 6.45) is 0.224. The minimum absolute atomic E-state index is 0.0609. The molecule has 0 bridgehead atoms. The zero-order valence-corrected chi connectivity index (χ0v) is 19.4. The van der Waals surface area contributed by atoms with Crippen molar-refractivity contribution < 1.29 is 23.9 Å². The van der Waals surface area contributed by atoms with Gasteiger partial charge in [0.25, 0.3) is 17.7 Å². The molecule has 3 aromatic rings. The van der Waals surface area contributed by atoms with Gasteiger partial charge >= 0.3 is 5.97 Å². The van der Waals surface area contributed by atoms with Gasteiger partial charge in [0, 0.05) is 17.8 Å². The topological polar surface area (TPSA) is 92.8 Å². The summed E-state index contributed by atoms with van der Waals surface area (Å²) in [5.74, 6) is -2.25. The third-order valence-corrected chi connectivity index (χ3v) is 5.73. The van der Waals surface area contributed by atoms with E-state index in [4.69, 9.17) is 4.74 Å². The minimum Gasteiger partial charge on any atom is -0.444 e. The molecule has 0 unspecified atom stereocenters. The zero-order chi connectivity index (χ0) is 25.1. The number of imide groups is 1. The summed E-state index contributed by atoms with van der Waals surface area (Å²) >= 11 is 0. The fourth-order valence-corrected chi connectivity index (χ4v) is 3.86. The van der Waals surface area contributed by atoms with Crippen molar-refractivity contribution >= 4 is 29.4 Å². The number of anilines is 1. The summed E-state index contributed by atoms with van der Waals surface area (Å²) in [7, 11) is 0. The predicted molar refractivity (Wildman–Crippen MR) is 131 cm³/mol. The molecule has 1 aliphatic rings. The third-order valence-electron chi connectivity index (χ3n) is 5.73. The van der Waals surface area contributed by atoms with Crippen molar-refractivity contribution in [2.24, 2.45) is 0 Å². The molecule has 1 heterocycles. The van der Waals surface area contributed by atoms with Crippen molar-refractivity contribution in [2.45, 2.75) is 20.0 Å². The predicted octanol–water partition coefficient (Wildman–Crippen LogP) is 4.62. The Labute approximate surface area is 203 Å². The standard InChI is InChI=1S/C28H24N2O5/c1-4-14-30-26(32)21-13-12-20(16-22(21)27(30)33)28(34)35-24(19-8-6-5-7-9-19)25(31)29-23-15-17(2)10-11-18(23)3/h4-13,15-16,24H,1,14H2,2-3H3,(H,29,31)/t24-/m1/s1. The van der Waals surface area contributed by atoms with E-state index in [9.17, 15) is 19.2 Å². The zero-order valence-electron chi connectivity index (χ0n) is 19.4. The highest BCUT2D eigenvalue weighted by molar-refractivity contribution is 6.22. The highest BCUT2D eigenvalue weighted by atomic mass is 16.5. The molecule has 4 rings (SSSR count). The van der Waals surface area contributed by atoms with Crippen LogP contribution in [0.5, 0.6) is 0 Å². The van der Waals surface area contributed by atoms with Gasteiger partial charge in [0.1, 0.15) is 0 Å². The maximum absolute atomic E-state index is 13.2. The van der Waals surface area contributed by atoms with Crippen LogP contribution in [0, 0.1) is 13.8 Å². The van der Waals surface area contributed by atoms with E-state index in [1.165, 1.54) is 24.3 Å². The van der Waals surface area contributed by atoms with Gasteiger partial charge in [0.05, 0.1) is 16.7 Å². The van der Waals surface area contributed by atoms with Crippen LogP contribution in [0.25, 0.3) is 0 Å². The van der Waals surface area contributed by atoms with Crippen LogP contribution in [0.4, 0.5) is 5.69 Å². The number of nitrogens with zero attached hydrogens (tertiary/aromatic N) is 1. The Morgan fingerprint density at radius 1 is 0.971 bits per heavy atom. The van der Waals surface area contributed by atoms with Crippen LogP contribution in [-0.2, 0) is 9.53 Å². The number of aryl methyl sites for hydroxylation is 2. The molecule has 7 heteroatoms. The molecule has 0 saturated carbocycles. The van der Waals surface area contributed by atoms with Crippen LogP contribution in [0.1, 0.15) is 53.9 Å². The Bertz CT molecular complexity index is 1350. The van der Waals surface area contributed by atoms with E-state index in [2.05, 4.69) is 11.9 Å². The lowest BCUT2D eigenvalue weighted by atomic mass is 10.1. The number of ether oxygens (including phenoxy) is 1. The fourth-order valence-electron chi connectivity index (χ4n) is 3.86. The first-order valence-corrected chi connectivity index (χ1v) is 11.1. The van der Waals surface area contributed by atoms with E-state index in [1.807, 2.05) is 32.0 Å². The Balaban J connectivity index is 1.61. The number of fused-ring (bicyclic) bond motifs is 1. The quantitative estimate of drug-likeness (QED) is 0.310. The van der Waals surface area contributed by atoms with Gasteiger partial charge in [-0.3, -0.25) is 19.3 Å². The maximum Gasteiger partial charge on any atom is 0.339 e. The number of hydrogen-bond donors (Lipinski definition) is 1. The molecule has 1 aliphatic heterocycles. The first kappa shape index (κ1) is 23.6. The number of rotatable bonds is 7. The summed E-state index contributed by atoms with van der Waals surface area (Å²) < 4.78 is 5.65. The van der Waals surface area contributed by atoms with Gasteiger partial charge in [-0.1, -0.05) is 48.5 Å². The Morgan fingerprint density at radius 3 is 2.40 bits per heavy atom. The fraction of sp³-hybridized carbons (Fsp3) is 0.143. The molecule has 1 atom stereocenters. The number of benzene rings is 3. The van der Waals surface area contributed by atoms with Gasteiger partial charge in [0.2, 0.25) is 6.10 Å². The molecule has 0 fully saturated rings. The van der Waals surface area contributed by atoms with Gasteiger partial charge in [-0.15, -0.1) is 6.58 Å². The normalized spacial score (nSPS) is 13.3. The highest BCUT2D eigenvalue weighted by Gasteiger charge is 2.36. The highest BCUT2D eigenvalue weighted by Crippen LogP contribution is 2.27. The van der Waals surface area contributed by atoms with Crippen LogP contribution in [0.2, 0.25) is 0 Å². The summed E-state index contributed by atoms with van der Waals surface area (Å²) in [4.78, 5) is 52.4. The summed E-state index contributed by atoms with van der Waals surface area (Å²) in [6.45, 7) is 7.42. The lowest BCUT2D eigenvalue weighted by Crippen LogP contribution is -2.29. The van der Waals surface area contributed by atoms with Gasteiger partial charge in [-0.2, -0.15) is 0 Å². The van der Waals surface area contributed by atoms with Crippen molar-refractivity contribution in [1.29, 1.82) is 0 Å². The first-order valence-electron chi connectivity index (χ1n) is 11.1. The Kier molecular flexibility index (Phi) is 6.59. The van der Waals surface area contributed by atoms with E-state index in [0.717, 1.165) is 16.0 Å². The van der Waals surface area contributed by atoms with Crippen molar-refractivity contribution in [3.63, 3.8) is 0 Å². The average Bonchev–Trinajstić information content (AvgIpc) is 3.09. The molecular formula is C28H24N2O5. The summed E-state index contributed by atoms with van der Waals surface area (Å²) in [5.41, 5.74) is 3.34. The van der Waals surface area contributed by atoms with Crippen molar-refractivity contribution in [3.8, 4) is 0 Å². The van der Waals surface area contributed by atoms with E-state index >= 15 is 0 Å². The van der Waals surface area contributed by atoms with Crippen LogP contribution in [0.3, 0.4) is 0 Å². The van der Waals surface area contributed by atoms with Crippen LogP contribution in [-0.4, -0.2) is 35.1 Å². The van der Waals surface area contributed by atoms with Crippen LogP contribution in [0.15, 0.2) is 79.4 Å². The average molecular weight is 469 g/mol. The van der Waals surface area contributed by atoms with E-state index in [0.29, 0.717) is 11.3 Å². The number of carbonyl (C=O) groups is 4. The SMILES string of the molecule is C=CCN1C(=O)c2ccc(C(=O)O[C@@H](C(=O)Nc3cc(C)ccc3C)c3ccccc3)cc2C1=O. The third kappa shape index (κ3) is 4.75. The molecule has 0 aromatic heterocycles. The van der Waals surface area contributed by atoms with E-state index < -0.39 is 29.8 Å².